The van der Waals surface area contributed by atoms with E-state index in [-0.39, 0.29) is 11.2 Å². The molecule has 1 saturated carbocycles. The van der Waals surface area contributed by atoms with E-state index in [9.17, 15) is 9.50 Å². The molecule has 0 spiro atoms. The van der Waals surface area contributed by atoms with Crippen molar-refractivity contribution in [3.8, 4) is 5.75 Å². The summed E-state index contributed by atoms with van der Waals surface area (Å²) in [4.78, 5) is 0. The first-order chi connectivity index (χ1) is 9.89. The maximum atomic E-state index is 13.7. The van der Waals surface area contributed by atoms with Gasteiger partial charge in [0.2, 0.25) is 0 Å². The molecule has 0 bridgehead atoms. The summed E-state index contributed by atoms with van der Waals surface area (Å²) in [7, 11) is 1.52. The van der Waals surface area contributed by atoms with Crippen LogP contribution in [-0.2, 0) is 0 Å². The Kier molecular flexibility index (Phi) is 5.31. The van der Waals surface area contributed by atoms with E-state index < -0.39 is 6.10 Å². The van der Waals surface area contributed by atoms with Crippen molar-refractivity contribution in [1.82, 2.24) is 0 Å². The second-order valence-electron chi connectivity index (χ2n) is 6.58. The lowest BCUT2D eigenvalue weighted by molar-refractivity contribution is 0.00953. The van der Waals surface area contributed by atoms with E-state index in [2.05, 4.69) is 29.8 Å². The van der Waals surface area contributed by atoms with E-state index in [4.69, 9.17) is 4.74 Å². The normalized spacial score (nSPS) is 19.0. The minimum Gasteiger partial charge on any atom is -0.496 e. The van der Waals surface area contributed by atoms with Crippen molar-refractivity contribution in [2.75, 3.05) is 7.11 Å². The lowest BCUT2D eigenvalue weighted by Crippen LogP contribution is -2.28. The minimum absolute atomic E-state index is 0.112. The molecule has 0 heterocycles. The summed E-state index contributed by atoms with van der Waals surface area (Å²) >= 11 is 3.21. The van der Waals surface area contributed by atoms with E-state index >= 15 is 0 Å². The van der Waals surface area contributed by atoms with Gasteiger partial charge >= 0.3 is 0 Å². The van der Waals surface area contributed by atoms with Gasteiger partial charge in [0.25, 0.3) is 0 Å². The maximum Gasteiger partial charge on any atom is 0.141 e. The zero-order valence-electron chi connectivity index (χ0n) is 13.0. The van der Waals surface area contributed by atoms with Crippen LogP contribution in [0.4, 0.5) is 4.39 Å². The van der Waals surface area contributed by atoms with Gasteiger partial charge in [-0.15, -0.1) is 0 Å². The van der Waals surface area contributed by atoms with Crippen LogP contribution in [-0.4, -0.2) is 12.2 Å². The molecule has 2 nitrogen and oxygen atoms in total. The van der Waals surface area contributed by atoms with Crippen molar-refractivity contribution in [3.05, 3.63) is 28.0 Å². The van der Waals surface area contributed by atoms with Crippen molar-refractivity contribution >= 4 is 15.9 Å². The van der Waals surface area contributed by atoms with Gasteiger partial charge in [0.1, 0.15) is 11.6 Å². The van der Waals surface area contributed by atoms with Gasteiger partial charge in [-0.2, -0.15) is 0 Å². The Morgan fingerprint density at radius 1 is 1.33 bits per heavy atom. The van der Waals surface area contributed by atoms with Gasteiger partial charge in [-0.3, -0.25) is 0 Å². The van der Waals surface area contributed by atoms with Crippen LogP contribution >= 0.6 is 15.9 Å². The van der Waals surface area contributed by atoms with E-state index in [0.717, 1.165) is 32.1 Å². The molecule has 1 N–H and O–H groups in total. The Morgan fingerprint density at radius 3 is 2.48 bits per heavy atom. The highest BCUT2D eigenvalue weighted by molar-refractivity contribution is 9.10. The number of hydrogen-bond acceptors (Lipinski definition) is 2. The molecular weight excluding hydrogens is 335 g/mol. The van der Waals surface area contributed by atoms with Crippen LogP contribution in [0.1, 0.15) is 57.6 Å². The molecule has 1 fully saturated rings. The predicted octanol–water partition coefficient (Wildman–Crippen LogP) is 5.24. The van der Waals surface area contributed by atoms with Gasteiger partial charge in [0.05, 0.1) is 17.7 Å². The summed E-state index contributed by atoms with van der Waals surface area (Å²) in [6.45, 7) is 4.37. The van der Waals surface area contributed by atoms with Gasteiger partial charge in [-0.25, -0.2) is 4.39 Å². The molecule has 1 aromatic rings. The molecule has 4 heteroatoms. The fourth-order valence-corrected chi connectivity index (χ4v) is 4.11. The van der Waals surface area contributed by atoms with Gasteiger partial charge in [0, 0.05) is 17.0 Å². The zero-order valence-corrected chi connectivity index (χ0v) is 14.5. The van der Waals surface area contributed by atoms with Crippen LogP contribution in [0.3, 0.4) is 0 Å². The summed E-state index contributed by atoms with van der Waals surface area (Å²) in [5.41, 5.74) is 0.576. The maximum absolute atomic E-state index is 13.7. The second kappa shape index (κ2) is 6.66. The number of hydrogen-bond donors (Lipinski definition) is 1. The van der Waals surface area contributed by atoms with E-state index in [1.807, 2.05) is 0 Å². The van der Waals surface area contributed by atoms with Crippen molar-refractivity contribution in [2.24, 2.45) is 11.3 Å². The molecule has 1 aliphatic carbocycles. The first-order valence-electron chi connectivity index (χ1n) is 7.60. The molecule has 1 aliphatic rings. The Labute approximate surface area is 134 Å². The molecule has 0 amide bonds. The molecule has 0 aromatic heterocycles. The number of benzene rings is 1. The van der Waals surface area contributed by atoms with Crippen LogP contribution in [0.15, 0.2) is 16.6 Å². The van der Waals surface area contributed by atoms with Crippen molar-refractivity contribution in [2.45, 2.75) is 52.1 Å². The van der Waals surface area contributed by atoms with Gasteiger partial charge in [0.15, 0.2) is 0 Å². The molecule has 1 atom stereocenters. The zero-order chi connectivity index (χ0) is 15.6. The quantitative estimate of drug-likeness (QED) is 0.779. The number of halogens is 2. The lowest BCUT2D eigenvalue weighted by atomic mass is 9.72. The number of aliphatic hydroxyl groups excluding tert-OH is 1. The molecule has 1 aromatic carbocycles. The highest BCUT2D eigenvalue weighted by Gasteiger charge is 2.42. The number of ether oxygens (including phenoxy) is 1. The number of rotatable bonds is 5. The Balaban J connectivity index is 2.41. The summed E-state index contributed by atoms with van der Waals surface area (Å²) in [6.07, 6.45) is 4.69. The second-order valence-corrected chi connectivity index (χ2v) is 7.43. The summed E-state index contributed by atoms with van der Waals surface area (Å²) in [5.74, 6) is 0.581. The predicted molar refractivity (Wildman–Crippen MR) is 86.0 cm³/mol. The monoisotopic (exact) mass is 358 g/mol. The van der Waals surface area contributed by atoms with E-state index in [1.165, 1.54) is 13.2 Å². The third-order valence-corrected chi connectivity index (χ3v) is 5.17. The largest absolute Gasteiger partial charge is 0.496 e. The highest BCUT2D eigenvalue weighted by atomic mass is 79.9. The fraction of sp³-hybridized carbons (Fsp3) is 0.647. The smallest absolute Gasteiger partial charge is 0.141 e. The van der Waals surface area contributed by atoms with Gasteiger partial charge in [-0.1, -0.05) is 26.7 Å². The Hall–Kier alpha value is -0.610. The SMILES string of the molecule is COc1cc(F)c(Br)cc1C(O)C1(CC(C)C)CCCC1. The van der Waals surface area contributed by atoms with Gasteiger partial charge < -0.3 is 9.84 Å². The van der Waals surface area contributed by atoms with Gasteiger partial charge in [-0.05, 0) is 47.2 Å². The molecule has 2 rings (SSSR count). The van der Waals surface area contributed by atoms with Crippen molar-refractivity contribution in [1.29, 1.82) is 0 Å². The topological polar surface area (TPSA) is 29.5 Å². The molecule has 21 heavy (non-hydrogen) atoms. The molecule has 1 unspecified atom stereocenters. The Morgan fingerprint density at radius 2 is 1.95 bits per heavy atom. The summed E-state index contributed by atoms with van der Waals surface area (Å²) in [6, 6.07) is 3.01. The van der Waals surface area contributed by atoms with E-state index in [1.54, 1.807) is 6.07 Å². The third kappa shape index (κ3) is 3.42. The number of methoxy groups -OCH3 is 1. The van der Waals surface area contributed by atoms with Crippen LogP contribution < -0.4 is 4.74 Å². The molecular formula is C17H24BrFO2. The fourth-order valence-electron chi connectivity index (χ4n) is 3.75. The Bertz CT molecular complexity index is 496. The first kappa shape index (κ1) is 16.8. The number of aliphatic hydroxyl groups is 1. The van der Waals surface area contributed by atoms with Crippen LogP contribution in [0, 0.1) is 17.2 Å². The summed E-state index contributed by atoms with van der Waals surface area (Å²) < 4.78 is 19.3. The molecule has 0 aliphatic heterocycles. The van der Waals surface area contributed by atoms with Crippen LogP contribution in [0.25, 0.3) is 0 Å². The molecule has 0 radical (unpaired) electrons. The third-order valence-electron chi connectivity index (χ3n) is 4.56. The highest BCUT2D eigenvalue weighted by Crippen LogP contribution is 2.53. The van der Waals surface area contributed by atoms with Crippen LogP contribution in [0.5, 0.6) is 5.75 Å². The minimum atomic E-state index is -0.616. The van der Waals surface area contributed by atoms with E-state index in [0.29, 0.717) is 21.7 Å². The molecule has 118 valence electrons. The standard InChI is InChI=1S/C17H24BrFO2/c1-11(2)10-17(6-4-5-7-17)16(20)12-8-13(18)14(19)9-15(12)21-3/h8-9,11,16,20H,4-7,10H2,1-3H3. The van der Waals surface area contributed by atoms with Crippen molar-refractivity contribution in [3.63, 3.8) is 0 Å². The lowest BCUT2D eigenvalue weighted by Gasteiger charge is -2.36. The average Bonchev–Trinajstić information content (AvgIpc) is 2.89. The molecule has 0 saturated heterocycles. The average molecular weight is 359 g/mol. The van der Waals surface area contributed by atoms with Crippen molar-refractivity contribution < 1.29 is 14.2 Å². The summed E-state index contributed by atoms with van der Waals surface area (Å²) in [5, 5.41) is 11.0. The first-order valence-corrected chi connectivity index (χ1v) is 8.40. The van der Waals surface area contributed by atoms with Crippen LogP contribution in [0.2, 0.25) is 0 Å².